The summed E-state index contributed by atoms with van der Waals surface area (Å²) in [4.78, 5) is 15.4. The fourth-order valence-corrected chi connectivity index (χ4v) is 6.23. The fraction of sp³-hybridized carbons (Fsp3) is 0.480. The van der Waals surface area contributed by atoms with Crippen molar-refractivity contribution in [3.8, 4) is 0 Å². The Hall–Kier alpha value is -2.04. The Morgan fingerprint density at radius 2 is 1.97 bits per heavy atom. The molecule has 2 aliphatic heterocycles. The number of nitrogens with one attached hydrogen (secondary N) is 1. The maximum Gasteiger partial charge on any atom is 0.411 e. The molecule has 4 nitrogen and oxygen atoms in total. The third-order valence-corrected chi connectivity index (χ3v) is 7.50. The standard InChI is InChI=1S/C25H29ClN2O2/c26-19-9-6-10-20(16-19)27-25(29)30-24-15-18-14-21(24)22-11-4-5-12-28(22)23(18)13-17-7-2-1-3-8-17/h1-3,6-10,16,18,21-24H,4-5,11-15H2,(H,27,29)/t18?,21?,22-,23+,24?/m1/s1. The Morgan fingerprint density at radius 1 is 1.10 bits per heavy atom. The summed E-state index contributed by atoms with van der Waals surface area (Å²) in [6.45, 7) is 1.18. The number of rotatable bonds is 4. The Kier molecular flexibility index (Phi) is 5.70. The number of amides is 1. The van der Waals surface area contributed by atoms with Crippen LogP contribution >= 0.6 is 11.6 Å². The number of anilines is 1. The van der Waals surface area contributed by atoms with Crippen molar-refractivity contribution in [1.29, 1.82) is 0 Å². The van der Waals surface area contributed by atoms with Gasteiger partial charge in [-0.2, -0.15) is 0 Å². The molecule has 2 bridgehead atoms. The highest BCUT2D eigenvalue weighted by Crippen LogP contribution is 2.49. The van der Waals surface area contributed by atoms with Crippen molar-refractivity contribution in [2.24, 2.45) is 11.8 Å². The molecule has 0 radical (unpaired) electrons. The SMILES string of the molecule is O=C(Nc1cccc(Cl)c1)OC1CC2CC1[C@H]1CCCCN1[C@H]2Cc1ccccc1. The largest absolute Gasteiger partial charge is 0.446 e. The minimum Gasteiger partial charge on any atom is -0.446 e. The number of hydrogen-bond acceptors (Lipinski definition) is 3. The van der Waals surface area contributed by atoms with Gasteiger partial charge in [-0.15, -0.1) is 0 Å². The van der Waals surface area contributed by atoms with Crippen LogP contribution in [0.25, 0.3) is 0 Å². The van der Waals surface area contributed by atoms with Gasteiger partial charge >= 0.3 is 6.09 Å². The maximum atomic E-state index is 12.6. The molecule has 30 heavy (non-hydrogen) atoms. The number of piperidine rings is 2. The summed E-state index contributed by atoms with van der Waals surface area (Å²) in [5.74, 6) is 1.04. The summed E-state index contributed by atoms with van der Waals surface area (Å²) < 4.78 is 6.00. The average Bonchev–Trinajstić information content (AvgIpc) is 3.11. The highest BCUT2D eigenvalue weighted by atomic mass is 35.5. The first-order valence-electron chi connectivity index (χ1n) is 11.2. The van der Waals surface area contributed by atoms with E-state index < -0.39 is 0 Å². The molecule has 1 saturated carbocycles. The molecular formula is C25H29ClN2O2. The van der Waals surface area contributed by atoms with E-state index in [-0.39, 0.29) is 12.2 Å². The zero-order valence-corrected chi connectivity index (χ0v) is 17.9. The Bertz CT molecular complexity index is 890. The minimum absolute atomic E-state index is 0.000516. The second-order valence-electron chi connectivity index (χ2n) is 9.03. The normalized spacial score (nSPS) is 30.5. The maximum absolute atomic E-state index is 12.6. The molecule has 5 heteroatoms. The van der Waals surface area contributed by atoms with Crippen molar-refractivity contribution >= 4 is 23.4 Å². The van der Waals surface area contributed by atoms with Gasteiger partial charge in [0.25, 0.3) is 0 Å². The number of nitrogens with zero attached hydrogens (tertiary/aromatic N) is 1. The molecular weight excluding hydrogens is 396 g/mol. The average molecular weight is 425 g/mol. The predicted molar refractivity (Wildman–Crippen MR) is 120 cm³/mol. The first kappa shape index (κ1) is 19.9. The molecule has 0 spiro atoms. The zero-order chi connectivity index (χ0) is 20.5. The molecule has 2 aromatic carbocycles. The van der Waals surface area contributed by atoms with E-state index >= 15 is 0 Å². The van der Waals surface area contributed by atoms with Gasteiger partial charge < -0.3 is 4.74 Å². The van der Waals surface area contributed by atoms with E-state index in [9.17, 15) is 4.79 Å². The highest BCUT2D eigenvalue weighted by molar-refractivity contribution is 6.30. The molecule has 1 N–H and O–H groups in total. The van der Waals surface area contributed by atoms with Crippen LogP contribution in [0.4, 0.5) is 10.5 Å². The number of carbonyl (C=O) groups is 1. The van der Waals surface area contributed by atoms with E-state index in [1.165, 1.54) is 37.8 Å². The van der Waals surface area contributed by atoms with Crippen molar-refractivity contribution < 1.29 is 9.53 Å². The number of fused-ring (bicyclic) bond motifs is 4. The highest BCUT2D eigenvalue weighted by Gasteiger charge is 2.52. The molecule has 2 saturated heterocycles. The van der Waals surface area contributed by atoms with Crippen molar-refractivity contribution in [3.05, 3.63) is 65.2 Å². The van der Waals surface area contributed by atoms with Crippen molar-refractivity contribution in [2.75, 3.05) is 11.9 Å². The van der Waals surface area contributed by atoms with Gasteiger partial charge in [0.1, 0.15) is 6.10 Å². The van der Waals surface area contributed by atoms with E-state index in [0.29, 0.717) is 34.6 Å². The molecule has 3 fully saturated rings. The van der Waals surface area contributed by atoms with E-state index in [1.807, 2.05) is 12.1 Å². The lowest BCUT2D eigenvalue weighted by Gasteiger charge is -2.49. The van der Waals surface area contributed by atoms with Gasteiger partial charge in [-0.1, -0.05) is 54.4 Å². The number of carbonyl (C=O) groups excluding carboxylic acids is 1. The van der Waals surface area contributed by atoms with Crippen LogP contribution in [0.3, 0.4) is 0 Å². The predicted octanol–water partition coefficient (Wildman–Crippen LogP) is 5.76. The van der Waals surface area contributed by atoms with E-state index in [4.69, 9.17) is 16.3 Å². The third-order valence-electron chi connectivity index (χ3n) is 7.26. The van der Waals surface area contributed by atoms with Gasteiger partial charge in [0.2, 0.25) is 0 Å². The van der Waals surface area contributed by atoms with Gasteiger partial charge in [-0.05, 0) is 68.3 Å². The fourth-order valence-electron chi connectivity index (χ4n) is 6.04. The van der Waals surface area contributed by atoms with E-state index in [0.717, 1.165) is 12.8 Å². The van der Waals surface area contributed by atoms with Crippen LogP contribution in [-0.4, -0.2) is 35.7 Å². The minimum atomic E-state index is -0.364. The van der Waals surface area contributed by atoms with Gasteiger partial charge in [-0.3, -0.25) is 10.2 Å². The zero-order valence-electron chi connectivity index (χ0n) is 17.2. The second-order valence-corrected chi connectivity index (χ2v) is 9.47. The first-order valence-corrected chi connectivity index (χ1v) is 11.6. The third kappa shape index (κ3) is 4.08. The lowest BCUT2D eigenvalue weighted by atomic mass is 9.79. The van der Waals surface area contributed by atoms with Crippen LogP contribution < -0.4 is 5.32 Å². The molecule has 1 aliphatic carbocycles. The number of hydrogen-bond donors (Lipinski definition) is 1. The molecule has 1 amide bonds. The number of benzene rings is 2. The quantitative estimate of drug-likeness (QED) is 0.678. The second kappa shape index (κ2) is 8.60. The van der Waals surface area contributed by atoms with Gasteiger partial charge in [0.15, 0.2) is 0 Å². The molecule has 2 heterocycles. The van der Waals surface area contributed by atoms with Crippen LogP contribution in [0, 0.1) is 11.8 Å². The van der Waals surface area contributed by atoms with Crippen LogP contribution in [0.15, 0.2) is 54.6 Å². The molecule has 2 aromatic rings. The summed E-state index contributed by atoms with van der Waals surface area (Å²) in [6.07, 6.45) is 6.65. The van der Waals surface area contributed by atoms with Gasteiger partial charge in [-0.25, -0.2) is 4.79 Å². The Balaban J connectivity index is 1.30. The van der Waals surface area contributed by atoms with Crippen LogP contribution in [0.5, 0.6) is 0 Å². The molecule has 158 valence electrons. The van der Waals surface area contributed by atoms with Crippen molar-refractivity contribution in [2.45, 2.75) is 56.7 Å². The topological polar surface area (TPSA) is 41.6 Å². The van der Waals surface area contributed by atoms with Crippen LogP contribution in [0.2, 0.25) is 5.02 Å². The van der Waals surface area contributed by atoms with Crippen molar-refractivity contribution in [1.82, 2.24) is 4.90 Å². The van der Waals surface area contributed by atoms with E-state index in [1.54, 1.807) is 12.1 Å². The van der Waals surface area contributed by atoms with Crippen LogP contribution in [-0.2, 0) is 11.2 Å². The summed E-state index contributed by atoms with van der Waals surface area (Å²) in [6, 6.07) is 19.1. The lowest BCUT2D eigenvalue weighted by molar-refractivity contribution is -0.0144. The number of ether oxygens (including phenoxy) is 1. The van der Waals surface area contributed by atoms with Crippen LogP contribution in [0.1, 0.15) is 37.7 Å². The summed E-state index contributed by atoms with van der Waals surface area (Å²) in [5.41, 5.74) is 2.09. The molecule has 3 unspecified atom stereocenters. The smallest absolute Gasteiger partial charge is 0.411 e. The summed E-state index contributed by atoms with van der Waals surface area (Å²) in [5, 5.41) is 3.46. The van der Waals surface area contributed by atoms with Gasteiger partial charge in [0, 0.05) is 28.7 Å². The van der Waals surface area contributed by atoms with Gasteiger partial charge in [0.05, 0.1) is 0 Å². The Morgan fingerprint density at radius 3 is 2.80 bits per heavy atom. The van der Waals surface area contributed by atoms with Crippen molar-refractivity contribution in [3.63, 3.8) is 0 Å². The molecule has 3 aliphatic rings. The first-order chi connectivity index (χ1) is 14.7. The molecule has 5 rings (SSSR count). The monoisotopic (exact) mass is 424 g/mol. The summed E-state index contributed by atoms with van der Waals surface area (Å²) >= 11 is 6.03. The van der Waals surface area contributed by atoms with E-state index in [2.05, 4.69) is 40.5 Å². The number of halogens is 1. The summed E-state index contributed by atoms with van der Waals surface area (Å²) in [7, 11) is 0. The molecule has 5 atom stereocenters. The Labute approximate surface area is 183 Å². The molecule has 0 aromatic heterocycles. The lowest BCUT2D eigenvalue weighted by Crippen LogP contribution is -2.55.